The van der Waals surface area contributed by atoms with Crippen LogP contribution in [0.4, 0.5) is 0 Å². The Kier molecular flexibility index (Phi) is 19.2. The van der Waals surface area contributed by atoms with E-state index in [-0.39, 0.29) is 24.7 Å². The summed E-state index contributed by atoms with van der Waals surface area (Å²) in [6.45, 7) is 8.33. The average molecular weight is 803 g/mol. The van der Waals surface area contributed by atoms with Gasteiger partial charge in [0.05, 0.1) is 11.5 Å². The molecule has 2 fully saturated rings. The van der Waals surface area contributed by atoms with Crippen LogP contribution in [0.1, 0.15) is 55.4 Å². The van der Waals surface area contributed by atoms with Gasteiger partial charge < -0.3 is 47.4 Å². The van der Waals surface area contributed by atoms with Crippen LogP contribution < -0.4 is 0 Å². The van der Waals surface area contributed by atoms with Crippen molar-refractivity contribution in [3.63, 3.8) is 0 Å². The highest BCUT2D eigenvalue weighted by atomic mass is 32.2. The standard InChI is InChI=1S/C34H42O18S2/c1-17(35)43-15-25-27(45-19(3)37)29(47-21(5)39)31(49-23(7)41)33(51-25)53-13-11-9-10-12-14-54-34-32(50-24(8)42)30(48-22(6)40)28(46-20(4)38)26(52-34)16-44-18(2)36/h25-34H,13-16H2,1-8H3/t25-,26-,27-,28-,29+,30+,31-,32-,33+,34+/m1/s1. The average Bonchev–Trinajstić information content (AvgIpc) is 3.04. The first-order valence-electron chi connectivity index (χ1n) is 16.2. The van der Waals surface area contributed by atoms with Gasteiger partial charge in [0, 0.05) is 55.4 Å². The van der Waals surface area contributed by atoms with Crippen LogP contribution in [0.25, 0.3) is 0 Å². The van der Waals surface area contributed by atoms with E-state index in [2.05, 4.69) is 23.7 Å². The van der Waals surface area contributed by atoms with E-state index in [1.165, 1.54) is 13.8 Å². The number of rotatable bonds is 14. The van der Waals surface area contributed by atoms with Gasteiger partial charge in [-0.2, -0.15) is 0 Å². The van der Waals surface area contributed by atoms with Crippen molar-refractivity contribution in [1.29, 1.82) is 0 Å². The Labute approximate surface area is 319 Å². The third-order valence-electron chi connectivity index (χ3n) is 6.78. The summed E-state index contributed by atoms with van der Waals surface area (Å²) in [5.74, 6) is 5.23. The van der Waals surface area contributed by atoms with Crippen LogP contribution in [0.2, 0.25) is 0 Å². The second-order valence-corrected chi connectivity index (χ2v) is 13.5. The molecule has 0 N–H and O–H groups in total. The lowest BCUT2D eigenvalue weighted by Gasteiger charge is -2.44. The Bertz CT molecular complexity index is 1410. The van der Waals surface area contributed by atoms with Gasteiger partial charge in [-0.05, 0) is 11.8 Å². The molecule has 2 saturated heterocycles. The van der Waals surface area contributed by atoms with Crippen LogP contribution in [0.15, 0.2) is 0 Å². The van der Waals surface area contributed by atoms with Crippen molar-refractivity contribution in [2.45, 2.75) is 115 Å². The lowest BCUT2D eigenvalue weighted by Crippen LogP contribution is -2.61. The summed E-state index contributed by atoms with van der Waals surface area (Å²) < 4.78 is 54.6. The lowest BCUT2D eigenvalue weighted by molar-refractivity contribution is -0.237. The van der Waals surface area contributed by atoms with Gasteiger partial charge in [-0.1, -0.05) is 11.8 Å². The fourth-order valence-corrected chi connectivity index (χ4v) is 6.94. The van der Waals surface area contributed by atoms with Crippen LogP contribution in [0, 0.1) is 23.7 Å². The molecule has 2 heterocycles. The Hall–Kier alpha value is -4.50. The number of carbonyl (C=O) groups excluding carboxylic acids is 8. The van der Waals surface area contributed by atoms with E-state index in [1.54, 1.807) is 0 Å². The third-order valence-corrected chi connectivity index (χ3v) is 8.81. The molecule has 298 valence electrons. The molecule has 0 unspecified atom stereocenters. The summed E-state index contributed by atoms with van der Waals surface area (Å²) >= 11 is 2.09. The van der Waals surface area contributed by atoms with Gasteiger partial charge in [0.25, 0.3) is 0 Å². The number of thioether (sulfide) groups is 2. The fraction of sp³-hybridized carbons (Fsp3) is 0.647. The molecule has 18 nitrogen and oxygen atoms in total. The van der Waals surface area contributed by atoms with Gasteiger partial charge in [0.2, 0.25) is 0 Å². The molecule has 0 saturated carbocycles. The van der Waals surface area contributed by atoms with Gasteiger partial charge in [0.1, 0.15) is 36.3 Å². The molecular weight excluding hydrogens is 760 g/mol. The monoisotopic (exact) mass is 802 g/mol. The first kappa shape index (κ1) is 45.7. The quantitative estimate of drug-likeness (QED) is 0.133. The van der Waals surface area contributed by atoms with Crippen molar-refractivity contribution in [2.75, 3.05) is 24.7 Å². The van der Waals surface area contributed by atoms with E-state index in [9.17, 15) is 38.4 Å². The molecule has 0 aromatic rings. The van der Waals surface area contributed by atoms with E-state index in [1.807, 2.05) is 0 Å². The van der Waals surface area contributed by atoms with Crippen LogP contribution in [-0.4, -0.2) is 132 Å². The molecule has 10 atom stereocenters. The number of hydrogen-bond acceptors (Lipinski definition) is 20. The van der Waals surface area contributed by atoms with Gasteiger partial charge in [0.15, 0.2) is 36.6 Å². The van der Waals surface area contributed by atoms with Crippen molar-refractivity contribution < 1.29 is 85.7 Å². The van der Waals surface area contributed by atoms with Crippen molar-refractivity contribution in [3.05, 3.63) is 0 Å². The van der Waals surface area contributed by atoms with Gasteiger partial charge in [-0.15, -0.1) is 23.5 Å². The minimum Gasteiger partial charge on any atom is -0.463 e. The highest BCUT2D eigenvalue weighted by molar-refractivity contribution is 8.00. The SMILES string of the molecule is CC(=O)OC[C@H]1O[C@@H](SCC#CC#CCS[C@@H]2O[C@H](COC(C)=O)[C@@H](OC(C)=O)[C@H](OC(C)=O)[C@H]2OC(C)=O)[C@H](OC(C)=O)[C@@H](OC(C)=O)[C@@H]1OC(C)=O. The zero-order chi connectivity index (χ0) is 40.5. The number of carbonyl (C=O) groups is 8. The van der Waals surface area contributed by atoms with Gasteiger partial charge >= 0.3 is 47.8 Å². The highest BCUT2D eigenvalue weighted by Crippen LogP contribution is 2.35. The van der Waals surface area contributed by atoms with E-state index < -0.39 is 107 Å². The van der Waals surface area contributed by atoms with Gasteiger partial charge in [-0.25, -0.2) is 0 Å². The van der Waals surface area contributed by atoms with Crippen molar-refractivity contribution >= 4 is 71.3 Å². The molecule has 2 rings (SSSR count). The molecule has 0 bridgehead atoms. The normalized spacial score (nSPS) is 27.1. The number of ether oxygens (including phenoxy) is 10. The molecule has 0 amide bonds. The molecule has 0 spiro atoms. The molecule has 0 aliphatic carbocycles. The van der Waals surface area contributed by atoms with Crippen LogP contribution >= 0.6 is 23.5 Å². The van der Waals surface area contributed by atoms with E-state index in [0.29, 0.717) is 0 Å². The zero-order valence-corrected chi connectivity index (χ0v) is 32.4. The first-order chi connectivity index (χ1) is 25.4. The summed E-state index contributed by atoms with van der Waals surface area (Å²) in [4.78, 5) is 95.0. The van der Waals surface area contributed by atoms with Crippen molar-refractivity contribution in [2.24, 2.45) is 0 Å². The van der Waals surface area contributed by atoms with Crippen molar-refractivity contribution in [3.8, 4) is 23.7 Å². The first-order valence-corrected chi connectivity index (χ1v) is 18.3. The molecule has 2 aliphatic heterocycles. The maximum atomic E-state index is 12.0. The Morgan fingerprint density at radius 1 is 0.426 bits per heavy atom. The van der Waals surface area contributed by atoms with E-state index in [4.69, 9.17) is 47.4 Å². The predicted molar refractivity (Wildman–Crippen MR) is 184 cm³/mol. The minimum absolute atomic E-state index is 0.0508. The van der Waals surface area contributed by atoms with Crippen LogP contribution in [-0.2, 0) is 85.7 Å². The second kappa shape index (κ2) is 22.7. The second-order valence-electron chi connectivity index (χ2n) is 11.4. The molecule has 0 radical (unpaired) electrons. The lowest BCUT2D eigenvalue weighted by atomic mass is 9.99. The zero-order valence-electron chi connectivity index (χ0n) is 30.8. The van der Waals surface area contributed by atoms with Crippen LogP contribution in [0.3, 0.4) is 0 Å². The predicted octanol–water partition coefficient (Wildman–Crippen LogP) is 0.626. The minimum atomic E-state index is -1.32. The maximum absolute atomic E-state index is 12.0. The smallest absolute Gasteiger partial charge is 0.303 e. The maximum Gasteiger partial charge on any atom is 0.303 e. The molecule has 2 aliphatic rings. The largest absolute Gasteiger partial charge is 0.463 e. The third kappa shape index (κ3) is 15.8. The summed E-state index contributed by atoms with van der Waals surface area (Å²) in [6.07, 6.45) is -9.92. The molecule has 0 aromatic carbocycles. The van der Waals surface area contributed by atoms with Crippen LogP contribution in [0.5, 0.6) is 0 Å². The van der Waals surface area contributed by atoms with E-state index >= 15 is 0 Å². The molecule has 20 heteroatoms. The van der Waals surface area contributed by atoms with Crippen molar-refractivity contribution in [1.82, 2.24) is 0 Å². The summed E-state index contributed by atoms with van der Waals surface area (Å²) in [7, 11) is 0. The summed E-state index contributed by atoms with van der Waals surface area (Å²) in [5.41, 5.74) is -2.04. The molecule has 54 heavy (non-hydrogen) atoms. The van der Waals surface area contributed by atoms with Gasteiger partial charge in [-0.3, -0.25) is 38.4 Å². The Balaban J connectivity index is 2.24. The fourth-order valence-electron chi connectivity index (χ4n) is 5.05. The number of esters is 8. The topological polar surface area (TPSA) is 229 Å². The Morgan fingerprint density at radius 3 is 0.981 bits per heavy atom. The molecular formula is C34H42O18S2. The number of hydrogen-bond donors (Lipinski definition) is 0. The summed E-state index contributed by atoms with van der Waals surface area (Å²) in [5, 5.41) is 0. The van der Waals surface area contributed by atoms with E-state index in [0.717, 1.165) is 65.1 Å². The Morgan fingerprint density at radius 2 is 0.704 bits per heavy atom. The summed E-state index contributed by atoms with van der Waals surface area (Å²) in [6, 6.07) is 0. The molecule has 0 aromatic heterocycles. The highest BCUT2D eigenvalue weighted by Gasteiger charge is 2.53.